The fraction of sp³-hybridized carbons (Fsp3) is 0.397. The van der Waals surface area contributed by atoms with E-state index < -0.39 is 11.9 Å². The number of anilines is 3. The van der Waals surface area contributed by atoms with Gasteiger partial charge in [-0.3, -0.25) is 34.6 Å². The zero-order valence-corrected chi connectivity index (χ0v) is 43.1. The maximum atomic E-state index is 13.7. The number of piperidine rings is 1. The van der Waals surface area contributed by atoms with Gasteiger partial charge in [0.05, 0.1) is 33.4 Å². The van der Waals surface area contributed by atoms with E-state index in [9.17, 15) is 24.3 Å². The number of benzene rings is 4. The first-order chi connectivity index (χ1) is 35.9. The van der Waals surface area contributed by atoms with E-state index in [0.717, 1.165) is 107 Å². The van der Waals surface area contributed by atoms with Gasteiger partial charge in [0.1, 0.15) is 11.6 Å². The SMILES string of the molecule is Cc1c(O[C@H]2CC[C@H](CCCCN3CCN(c4ccc5c(C6CCC(=O)NC6=O)nn(C)c5c4)[C@H](C)C3)CC2)cccc1-c1ccc(N2CCc3cccc(C(=O)Nc4nc5ccccc5s4)c3C2)nc1C(=O)O. The smallest absolute Gasteiger partial charge is 0.355 e. The highest BCUT2D eigenvalue weighted by atomic mass is 32.1. The molecular formula is C58H63N9O6S. The lowest BCUT2D eigenvalue weighted by atomic mass is 9.84. The average molecular weight is 1010 g/mol. The number of unbranched alkanes of at least 4 members (excludes halogenated alkanes) is 1. The average Bonchev–Trinajstić information content (AvgIpc) is 3.97. The molecule has 382 valence electrons. The molecule has 1 saturated carbocycles. The molecule has 3 amide bonds. The summed E-state index contributed by atoms with van der Waals surface area (Å²) in [7, 11) is 1.92. The number of carboxylic acids is 1. The molecular weight excluding hydrogens is 951 g/mol. The summed E-state index contributed by atoms with van der Waals surface area (Å²) in [5.74, 6) is -0.187. The summed E-state index contributed by atoms with van der Waals surface area (Å²) in [6, 6.07) is 30.0. The van der Waals surface area contributed by atoms with E-state index in [1.165, 1.54) is 36.3 Å². The van der Waals surface area contributed by atoms with Crippen LogP contribution >= 0.6 is 11.3 Å². The monoisotopic (exact) mass is 1010 g/mol. The van der Waals surface area contributed by atoms with Crippen LogP contribution in [-0.4, -0.2) is 98.3 Å². The zero-order chi connectivity index (χ0) is 51.0. The van der Waals surface area contributed by atoms with Gasteiger partial charge in [0.2, 0.25) is 11.8 Å². The highest BCUT2D eigenvalue weighted by molar-refractivity contribution is 7.22. The predicted octanol–water partition coefficient (Wildman–Crippen LogP) is 9.91. The van der Waals surface area contributed by atoms with Gasteiger partial charge in [-0.15, -0.1) is 0 Å². The topological polar surface area (TPSA) is 175 Å². The van der Waals surface area contributed by atoms with Gasteiger partial charge in [0.15, 0.2) is 10.8 Å². The Morgan fingerprint density at radius 3 is 2.53 bits per heavy atom. The molecule has 3 aliphatic heterocycles. The van der Waals surface area contributed by atoms with Gasteiger partial charge < -0.3 is 19.6 Å². The largest absolute Gasteiger partial charge is 0.490 e. The molecule has 0 bridgehead atoms. The molecule has 2 saturated heterocycles. The number of carbonyl (C=O) groups excluding carboxylic acids is 3. The van der Waals surface area contributed by atoms with E-state index in [2.05, 4.69) is 61.5 Å². The van der Waals surface area contributed by atoms with Gasteiger partial charge in [0.25, 0.3) is 5.91 Å². The number of pyridine rings is 1. The highest BCUT2D eigenvalue weighted by Gasteiger charge is 2.33. The quantitative estimate of drug-likeness (QED) is 0.0696. The van der Waals surface area contributed by atoms with Crippen LogP contribution in [0.2, 0.25) is 0 Å². The molecule has 0 spiro atoms. The van der Waals surface area contributed by atoms with Crippen LogP contribution in [0.1, 0.15) is 114 Å². The van der Waals surface area contributed by atoms with Gasteiger partial charge in [-0.25, -0.2) is 14.8 Å². The number of piperazine rings is 1. The van der Waals surface area contributed by atoms with Crippen LogP contribution in [0.5, 0.6) is 5.75 Å². The fourth-order valence-electron chi connectivity index (χ4n) is 11.9. The van der Waals surface area contributed by atoms with Crippen molar-refractivity contribution < 1.29 is 29.0 Å². The van der Waals surface area contributed by atoms with Crippen LogP contribution in [0, 0.1) is 12.8 Å². The number of thiazole rings is 1. The van der Waals surface area contributed by atoms with Gasteiger partial charge in [-0.1, -0.05) is 60.6 Å². The Morgan fingerprint density at radius 1 is 0.878 bits per heavy atom. The molecule has 1 unspecified atom stereocenters. The van der Waals surface area contributed by atoms with Crippen molar-refractivity contribution in [2.45, 2.75) is 103 Å². The molecule has 3 fully saturated rings. The number of fused-ring (bicyclic) bond motifs is 3. The van der Waals surface area contributed by atoms with Gasteiger partial charge in [0, 0.05) is 74.4 Å². The number of hydrogen-bond acceptors (Lipinski definition) is 12. The molecule has 4 aromatic carbocycles. The first kappa shape index (κ1) is 49.1. The Hall–Kier alpha value is -7.17. The van der Waals surface area contributed by atoms with E-state index in [4.69, 9.17) is 14.8 Å². The summed E-state index contributed by atoms with van der Waals surface area (Å²) >= 11 is 1.44. The number of aromatic nitrogens is 4. The number of carbonyl (C=O) groups is 4. The number of carboxylic acid groups (broad SMARTS) is 1. The molecule has 2 atom stereocenters. The number of aryl methyl sites for hydroxylation is 1. The lowest BCUT2D eigenvalue weighted by Crippen LogP contribution is -2.52. The summed E-state index contributed by atoms with van der Waals surface area (Å²) in [5.41, 5.74) is 8.52. The Labute approximate surface area is 434 Å². The van der Waals surface area contributed by atoms with Gasteiger partial charge in [-0.05, 0) is 148 Å². The van der Waals surface area contributed by atoms with Crippen molar-refractivity contribution >= 4 is 72.8 Å². The van der Waals surface area contributed by atoms with Crippen molar-refractivity contribution in [3.8, 4) is 16.9 Å². The Morgan fingerprint density at radius 2 is 1.72 bits per heavy atom. The van der Waals surface area contributed by atoms with Gasteiger partial charge in [-0.2, -0.15) is 5.10 Å². The van der Waals surface area contributed by atoms with E-state index >= 15 is 0 Å². The van der Waals surface area contributed by atoms with Crippen LogP contribution in [0.25, 0.3) is 32.2 Å². The third kappa shape index (κ3) is 10.1. The zero-order valence-electron chi connectivity index (χ0n) is 42.3. The highest BCUT2D eigenvalue weighted by Crippen LogP contribution is 2.38. The number of aromatic carboxylic acids is 1. The van der Waals surface area contributed by atoms with Crippen LogP contribution in [0.15, 0.2) is 91.0 Å². The first-order valence-electron chi connectivity index (χ1n) is 26.3. The van der Waals surface area contributed by atoms with Crippen LogP contribution in [-0.2, 0) is 29.6 Å². The number of para-hydroxylation sites is 1. The van der Waals surface area contributed by atoms with E-state index in [1.807, 2.05) is 85.4 Å². The van der Waals surface area contributed by atoms with Crippen molar-refractivity contribution in [3.63, 3.8) is 0 Å². The minimum atomic E-state index is -1.10. The second-order valence-electron chi connectivity index (χ2n) is 20.7. The van der Waals surface area contributed by atoms with Crippen LogP contribution in [0.3, 0.4) is 0 Å². The lowest BCUT2D eigenvalue weighted by Gasteiger charge is -2.41. The number of rotatable bonds is 14. The molecule has 11 rings (SSSR count). The Bertz CT molecular complexity index is 3250. The van der Waals surface area contributed by atoms with E-state index in [0.29, 0.717) is 66.4 Å². The Kier molecular flexibility index (Phi) is 13.9. The Balaban J connectivity index is 0.654. The summed E-state index contributed by atoms with van der Waals surface area (Å²) in [6.07, 6.45) is 9.52. The van der Waals surface area contributed by atoms with Crippen molar-refractivity contribution in [1.29, 1.82) is 0 Å². The second kappa shape index (κ2) is 21.0. The molecule has 3 aromatic heterocycles. The molecule has 1 aliphatic carbocycles. The summed E-state index contributed by atoms with van der Waals surface area (Å²) in [4.78, 5) is 67.5. The minimum absolute atomic E-state index is 0.0173. The number of nitrogens with one attached hydrogen (secondary N) is 2. The van der Waals surface area contributed by atoms with E-state index in [-0.39, 0.29) is 29.5 Å². The minimum Gasteiger partial charge on any atom is -0.490 e. The van der Waals surface area contributed by atoms with Crippen molar-refractivity contribution in [2.24, 2.45) is 13.0 Å². The summed E-state index contributed by atoms with van der Waals surface area (Å²) in [5, 5.41) is 22.3. The number of imide groups is 1. The number of amides is 3. The molecule has 16 heteroatoms. The van der Waals surface area contributed by atoms with Crippen LogP contribution in [0.4, 0.5) is 16.6 Å². The summed E-state index contributed by atoms with van der Waals surface area (Å²) in [6.45, 7) is 9.44. The summed E-state index contributed by atoms with van der Waals surface area (Å²) < 4.78 is 9.56. The molecule has 3 N–H and O–H groups in total. The van der Waals surface area contributed by atoms with Crippen molar-refractivity contribution in [3.05, 3.63) is 125 Å². The van der Waals surface area contributed by atoms with E-state index in [1.54, 1.807) is 0 Å². The first-order valence-corrected chi connectivity index (χ1v) is 27.1. The molecule has 7 aromatic rings. The molecule has 6 heterocycles. The molecule has 15 nitrogen and oxygen atoms in total. The molecule has 0 radical (unpaired) electrons. The molecule has 74 heavy (non-hydrogen) atoms. The van der Waals surface area contributed by atoms with Crippen molar-refractivity contribution in [1.82, 2.24) is 30.0 Å². The maximum Gasteiger partial charge on any atom is 0.355 e. The lowest BCUT2D eigenvalue weighted by molar-refractivity contribution is -0.134. The third-order valence-electron chi connectivity index (χ3n) is 15.9. The van der Waals surface area contributed by atoms with Gasteiger partial charge >= 0.3 is 5.97 Å². The number of nitrogens with zero attached hydrogens (tertiary/aromatic N) is 7. The van der Waals surface area contributed by atoms with Crippen molar-refractivity contribution in [2.75, 3.05) is 47.8 Å². The second-order valence-corrected chi connectivity index (χ2v) is 21.7. The normalized spacial score (nSPS) is 20.4. The third-order valence-corrected chi connectivity index (χ3v) is 16.9. The maximum absolute atomic E-state index is 13.7. The number of ether oxygens (including phenoxy) is 1. The fourth-order valence-corrected chi connectivity index (χ4v) is 12.7. The predicted molar refractivity (Wildman–Crippen MR) is 289 cm³/mol. The van der Waals surface area contributed by atoms with Crippen LogP contribution < -0.4 is 25.2 Å². The number of hydrogen-bond donors (Lipinski definition) is 3. The molecule has 4 aliphatic rings. The standard InChI is InChI=1S/C58H63N9O6S/c1-35-33-65(30-31-67(35)39-19-22-44-48(32-39)64(3)63-53(44)45-24-26-52(68)61-56(45)70)28-7-6-10-37-17-20-40(21-18-37)73-49-15-9-12-41(36(49)2)42-23-25-51(60-54(42)57(71)72)66-29-27-38-11-8-13-43(46(38)34-66)55(69)62-58-59-47-14-4-5-16-50(47)74-58/h4-5,8-9,11-16,19,22-23,25,32,35,37,40,45H,6-7,10,17-18,20-21,24,26-31,33-34H2,1-3H3,(H,71,72)(H,59,62,69)(H,61,68,70)/t35-,37-,40-,45?/m1/s1.